The van der Waals surface area contributed by atoms with Gasteiger partial charge in [0.05, 0.1) is 29.1 Å². The third-order valence-electron chi connectivity index (χ3n) is 6.00. The van der Waals surface area contributed by atoms with Gasteiger partial charge in [0.25, 0.3) is 0 Å². The van der Waals surface area contributed by atoms with Gasteiger partial charge in [0, 0.05) is 25.6 Å². The maximum Gasteiger partial charge on any atom is 0.232 e. The van der Waals surface area contributed by atoms with Gasteiger partial charge in [0.2, 0.25) is 15.9 Å². The molecule has 9 heteroatoms. The molecule has 3 heterocycles. The van der Waals surface area contributed by atoms with Crippen molar-refractivity contribution in [3.8, 4) is 0 Å². The zero-order valence-corrected chi connectivity index (χ0v) is 19.4. The molecule has 7 nitrogen and oxygen atoms in total. The molecule has 1 unspecified atom stereocenters. The summed E-state index contributed by atoms with van der Waals surface area (Å²) in [4.78, 5) is 20.2. The van der Waals surface area contributed by atoms with E-state index in [0.29, 0.717) is 37.6 Å². The lowest BCUT2D eigenvalue weighted by Crippen LogP contribution is -2.46. The molecule has 1 amide bonds. The fraction of sp³-hybridized carbons (Fsp3) is 0.619. The van der Waals surface area contributed by atoms with Crippen LogP contribution in [0, 0.1) is 19.8 Å². The molecule has 4 rings (SSSR count). The molecule has 0 N–H and O–H groups in total. The summed E-state index contributed by atoms with van der Waals surface area (Å²) in [5.74, 6) is -0.161. The van der Waals surface area contributed by atoms with Crippen LogP contribution in [0.3, 0.4) is 0 Å². The van der Waals surface area contributed by atoms with E-state index in [0.717, 1.165) is 35.2 Å². The van der Waals surface area contributed by atoms with Crippen LogP contribution >= 0.6 is 11.3 Å². The van der Waals surface area contributed by atoms with Crippen molar-refractivity contribution in [3.63, 3.8) is 0 Å². The summed E-state index contributed by atoms with van der Waals surface area (Å²) < 4.78 is 32.0. The Labute approximate surface area is 182 Å². The van der Waals surface area contributed by atoms with E-state index >= 15 is 0 Å². The number of thiazole rings is 1. The second kappa shape index (κ2) is 8.53. The number of aromatic nitrogens is 1. The van der Waals surface area contributed by atoms with E-state index in [2.05, 4.69) is 19.1 Å². The summed E-state index contributed by atoms with van der Waals surface area (Å²) in [6.07, 6.45) is 4.29. The smallest absolute Gasteiger partial charge is 0.232 e. The predicted molar refractivity (Wildman–Crippen MR) is 120 cm³/mol. The van der Waals surface area contributed by atoms with E-state index in [-0.39, 0.29) is 17.9 Å². The van der Waals surface area contributed by atoms with E-state index in [1.165, 1.54) is 16.1 Å². The Morgan fingerprint density at radius 2 is 2.00 bits per heavy atom. The minimum atomic E-state index is -3.21. The third kappa shape index (κ3) is 4.54. The van der Waals surface area contributed by atoms with Gasteiger partial charge in [-0.3, -0.25) is 9.69 Å². The second-order valence-corrected chi connectivity index (χ2v) is 11.4. The van der Waals surface area contributed by atoms with E-state index < -0.39 is 10.0 Å². The number of aryl methyl sites for hydroxylation is 2. The number of carbonyl (C=O) groups excluding carboxylic acids is 1. The molecule has 0 bridgehead atoms. The van der Waals surface area contributed by atoms with Crippen molar-refractivity contribution in [2.24, 2.45) is 5.92 Å². The zero-order chi connectivity index (χ0) is 21.5. The first-order valence-corrected chi connectivity index (χ1v) is 13.1. The van der Waals surface area contributed by atoms with Crippen molar-refractivity contribution in [1.29, 1.82) is 0 Å². The van der Waals surface area contributed by atoms with Crippen LogP contribution in [0.5, 0.6) is 0 Å². The number of amides is 1. The summed E-state index contributed by atoms with van der Waals surface area (Å²) in [7, 11) is -3.21. The lowest BCUT2D eigenvalue weighted by molar-refractivity contribution is -0.123. The van der Waals surface area contributed by atoms with Crippen LogP contribution in [-0.2, 0) is 19.6 Å². The molecule has 0 aliphatic carbocycles. The Hall–Kier alpha value is -1.55. The van der Waals surface area contributed by atoms with Crippen molar-refractivity contribution in [2.75, 3.05) is 37.4 Å². The zero-order valence-electron chi connectivity index (χ0n) is 17.8. The molecule has 2 saturated heterocycles. The van der Waals surface area contributed by atoms with Gasteiger partial charge in [-0.1, -0.05) is 17.4 Å². The van der Waals surface area contributed by atoms with Gasteiger partial charge in [-0.15, -0.1) is 0 Å². The first-order valence-electron chi connectivity index (χ1n) is 10.5. The molecule has 2 aliphatic heterocycles. The number of benzene rings is 1. The van der Waals surface area contributed by atoms with Gasteiger partial charge in [-0.2, -0.15) is 0 Å². The van der Waals surface area contributed by atoms with Crippen molar-refractivity contribution >= 4 is 42.6 Å². The van der Waals surface area contributed by atoms with Crippen LogP contribution in [0.1, 0.15) is 36.8 Å². The van der Waals surface area contributed by atoms with E-state index in [4.69, 9.17) is 9.72 Å². The first kappa shape index (κ1) is 21.7. The maximum atomic E-state index is 13.5. The SMILES string of the molecule is Cc1cc(C)c2nc(N(CC3CCCO3)C(=O)C3CCN(S(C)(=O)=O)CC3)sc2c1. The van der Waals surface area contributed by atoms with E-state index in [1.54, 1.807) is 16.2 Å². The van der Waals surface area contributed by atoms with Gasteiger partial charge in [0.1, 0.15) is 0 Å². The van der Waals surface area contributed by atoms with Crippen molar-refractivity contribution < 1.29 is 17.9 Å². The highest BCUT2D eigenvalue weighted by Crippen LogP contribution is 2.34. The summed E-state index contributed by atoms with van der Waals surface area (Å²) in [6.45, 7) is 6.13. The standard InChI is InChI=1S/C21H29N3O4S2/c1-14-11-15(2)19-18(12-14)29-21(22-19)24(13-17-5-4-10-28-17)20(25)16-6-8-23(9-7-16)30(3,26)27/h11-12,16-17H,4-10,13H2,1-3H3. The third-order valence-corrected chi connectivity index (χ3v) is 8.33. The van der Waals surface area contributed by atoms with Crippen LogP contribution in [0.4, 0.5) is 5.13 Å². The fourth-order valence-electron chi connectivity index (χ4n) is 4.38. The Bertz CT molecular complexity index is 1040. The molecule has 0 radical (unpaired) electrons. The van der Waals surface area contributed by atoms with E-state index in [1.807, 2.05) is 6.92 Å². The van der Waals surface area contributed by atoms with Gasteiger partial charge in [0.15, 0.2) is 5.13 Å². The summed E-state index contributed by atoms with van der Waals surface area (Å²) in [5.41, 5.74) is 3.23. The summed E-state index contributed by atoms with van der Waals surface area (Å²) in [6, 6.07) is 4.22. The highest BCUT2D eigenvalue weighted by atomic mass is 32.2. The number of anilines is 1. The fourth-order valence-corrected chi connectivity index (χ4v) is 6.41. The van der Waals surface area contributed by atoms with Gasteiger partial charge < -0.3 is 4.74 Å². The van der Waals surface area contributed by atoms with Crippen LogP contribution in [0.25, 0.3) is 10.2 Å². The maximum absolute atomic E-state index is 13.5. The lowest BCUT2D eigenvalue weighted by Gasteiger charge is -2.33. The second-order valence-electron chi connectivity index (χ2n) is 8.45. The number of ether oxygens (including phenoxy) is 1. The van der Waals surface area contributed by atoms with Gasteiger partial charge >= 0.3 is 0 Å². The molecular formula is C21H29N3O4S2. The quantitative estimate of drug-likeness (QED) is 0.698. The van der Waals surface area contributed by atoms with Crippen LogP contribution in [0.15, 0.2) is 12.1 Å². The number of rotatable bonds is 5. The van der Waals surface area contributed by atoms with Crippen LogP contribution in [-0.4, -0.2) is 62.2 Å². The molecule has 0 saturated carbocycles. The molecule has 0 spiro atoms. The lowest BCUT2D eigenvalue weighted by atomic mass is 9.96. The highest BCUT2D eigenvalue weighted by Gasteiger charge is 2.34. The number of fused-ring (bicyclic) bond motifs is 1. The molecule has 2 aliphatic rings. The molecule has 1 aromatic carbocycles. The Morgan fingerprint density at radius 1 is 1.27 bits per heavy atom. The minimum Gasteiger partial charge on any atom is -0.376 e. The number of sulfonamides is 1. The number of carbonyl (C=O) groups is 1. The normalized spacial score (nSPS) is 21.4. The van der Waals surface area contributed by atoms with Crippen LogP contribution < -0.4 is 4.90 Å². The molecule has 30 heavy (non-hydrogen) atoms. The van der Waals surface area contributed by atoms with Crippen molar-refractivity contribution in [1.82, 2.24) is 9.29 Å². The Morgan fingerprint density at radius 3 is 2.63 bits per heavy atom. The average Bonchev–Trinajstić information content (AvgIpc) is 3.34. The van der Waals surface area contributed by atoms with Gasteiger partial charge in [-0.25, -0.2) is 17.7 Å². The molecule has 2 fully saturated rings. The monoisotopic (exact) mass is 451 g/mol. The average molecular weight is 452 g/mol. The first-order chi connectivity index (χ1) is 14.2. The number of nitrogens with zero attached hydrogens (tertiary/aromatic N) is 3. The van der Waals surface area contributed by atoms with Crippen molar-refractivity contribution in [3.05, 3.63) is 23.3 Å². The summed E-state index contributed by atoms with van der Waals surface area (Å²) >= 11 is 1.55. The Balaban J connectivity index is 1.60. The molecule has 1 atom stereocenters. The predicted octanol–water partition coefficient (Wildman–Crippen LogP) is 3.10. The van der Waals surface area contributed by atoms with Crippen LogP contribution in [0.2, 0.25) is 0 Å². The molecule has 1 aromatic heterocycles. The highest BCUT2D eigenvalue weighted by molar-refractivity contribution is 7.88. The molecular weight excluding hydrogens is 422 g/mol. The van der Waals surface area contributed by atoms with Crippen molar-refractivity contribution in [2.45, 2.75) is 45.6 Å². The number of hydrogen-bond donors (Lipinski definition) is 0. The number of piperidine rings is 1. The van der Waals surface area contributed by atoms with Gasteiger partial charge in [-0.05, 0) is 56.7 Å². The molecule has 2 aromatic rings. The largest absolute Gasteiger partial charge is 0.376 e. The number of hydrogen-bond acceptors (Lipinski definition) is 6. The Kier molecular flexibility index (Phi) is 6.16. The summed E-state index contributed by atoms with van der Waals surface area (Å²) in [5, 5.41) is 0.713. The van der Waals surface area contributed by atoms with E-state index in [9.17, 15) is 13.2 Å². The topological polar surface area (TPSA) is 79.8 Å². The molecule has 164 valence electrons. The minimum absolute atomic E-state index is 0.0277.